The number of phenolic OH excluding ortho intramolecular Hbond substituents is 3. The summed E-state index contributed by atoms with van der Waals surface area (Å²) < 4.78 is 11.0. The number of Topliss-reactive ketones (excluding diaryl/α,β-unsaturated/α-hetero) is 1. The van der Waals surface area contributed by atoms with Gasteiger partial charge in [-0.15, -0.1) is 0 Å². The molecule has 30 heavy (non-hydrogen) atoms. The molecular formula is C21H18O9. The fraction of sp³-hybridized carbons (Fsp3) is 0.238. The van der Waals surface area contributed by atoms with Crippen LogP contribution in [0.5, 0.6) is 17.2 Å². The summed E-state index contributed by atoms with van der Waals surface area (Å²) in [6.07, 6.45) is -6.09. The number of phenols is 3. The van der Waals surface area contributed by atoms with Gasteiger partial charge < -0.3 is 34.7 Å². The first-order valence-electron chi connectivity index (χ1n) is 9.06. The van der Waals surface area contributed by atoms with Crippen molar-refractivity contribution in [3.8, 4) is 28.6 Å². The van der Waals surface area contributed by atoms with Crippen LogP contribution in [0.2, 0.25) is 0 Å². The number of carbonyl (C=O) groups is 1. The van der Waals surface area contributed by atoms with Crippen LogP contribution in [-0.2, 0) is 9.53 Å². The van der Waals surface area contributed by atoms with Crippen molar-refractivity contribution in [3.63, 3.8) is 0 Å². The minimum Gasteiger partial charge on any atom is -0.508 e. The van der Waals surface area contributed by atoms with Gasteiger partial charge in [0.05, 0.1) is 5.56 Å². The number of carbonyl (C=O) groups excluding carboxylic acids is 1. The first-order chi connectivity index (χ1) is 14.2. The van der Waals surface area contributed by atoms with E-state index in [0.29, 0.717) is 5.56 Å². The van der Waals surface area contributed by atoms with Crippen molar-refractivity contribution < 1.29 is 39.5 Å². The summed E-state index contributed by atoms with van der Waals surface area (Å²) in [7, 11) is 0. The number of aromatic hydroxyl groups is 3. The zero-order chi connectivity index (χ0) is 21.7. The molecule has 1 aliphatic rings. The normalized spacial score (nSPS) is 24.3. The van der Waals surface area contributed by atoms with Crippen LogP contribution in [0.15, 0.2) is 45.6 Å². The monoisotopic (exact) mass is 414 g/mol. The second-order valence-corrected chi connectivity index (χ2v) is 7.09. The van der Waals surface area contributed by atoms with Crippen LogP contribution >= 0.6 is 0 Å². The van der Waals surface area contributed by atoms with E-state index in [1.54, 1.807) is 0 Å². The summed E-state index contributed by atoms with van der Waals surface area (Å²) in [5.74, 6) is -1.81. The first kappa shape index (κ1) is 19.9. The van der Waals surface area contributed by atoms with Gasteiger partial charge in [0.2, 0.25) is 0 Å². The summed E-state index contributed by atoms with van der Waals surface area (Å²) in [5.41, 5.74) is -0.609. The van der Waals surface area contributed by atoms with Gasteiger partial charge in [-0.1, -0.05) is 0 Å². The highest BCUT2D eigenvalue weighted by Crippen LogP contribution is 2.44. The predicted octanol–water partition coefficient (Wildman–Crippen LogP) is 1.33. The minimum absolute atomic E-state index is 0.0303. The molecule has 0 bridgehead atoms. The lowest BCUT2D eigenvalue weighted by Crippen LogP contribution is -2.50. The Kier molecular flexibility index (Phi) is 4.73. The van der Waals surface area contributed by atoms with Crippen molar-refractivity contribution in [3.05, 3.63) is 52.2 Å². The van der Waals surface area contributed by atoms with Gasteiger partial charge in [-0.2, -0.15) is 0 Å². The molecule has 4 rings (SSSR count). The van der Waals surface area contributed by atoms with E-state index in [2.05, 4.69) is 0 Å². The molecule has 1 fully saturated rings. The maximum atomic E-state index is 12.7. The molecule has 0 radical (unpaired) electrons. The van der Waals surface area contributed by atoms with E-state index in [1.165, 1.54) is 31.2 Å². The van der Waals surface area contributed by atoms with Crippen molar-refractivity contribution in [2.75, 3.05) is 0 Å². The average molecular weight is 414 g/mol. The third-order valence-corrected chi connectivity index (χ3v) is 5.12. The highest BCUT2D eigenvalue weighted by Gasteiger charge is 2.44. The summed E-state index contributed by atoms with van der Waals surface area (Å²) in [6, 6.07) is 8.09. The Morgan fingerprint density at radius 3 is 2.30 bits per heavy atom. The Morgan fingerprint density at radius 1 is 0.967 bits per heavy atom. The van der Waals surface area contributed by atoms with E-state index in [4.69, 9.17) is 9.15 Å². The van der Waals surface area contributed by atoms with E-state index in [-0.39, 0.29) is 28.0 Å². The lowest BCUT2D eigenvalue weighted by Gasteiger charge is -2.35. The van der Waals surface area contributed by atoms with Gasteiger partial charge >= 0.3 is 0 Å². The first-order valence-corrected chi connectivity index (χ1v) is 9.06. The Balaban J connectivity index is 1.87. The number of rotatable bonds is 2. The van der Waals surface area contributed by atoms with Gasteiger partial charge in [-0.3, -0.25) is 9.59 Å². The van der Waals surface area contributed by atoms with Gasteiger partial charge in [-0.25, -0.2) is 0 Å². The highest BCUT2D eigenvalue weighted by molar-refractivity contribution is 5.90. The van der Waals surface area contributed by atoms with E-state index in [9.17, 15) is 35.1 Å². The third-order valence-electron chi connectivity index (χ3n) is 5.12. The Hall–Kier alpha value is -3.40. The van der Waals surface area contributed by atoms with E-state index >= 15 is 0 Å². The molecule has 2 aromatic carbocycles. The molecule has 2 unspecified atom stereocenters. The third kappa shape index (κ3) is 3.09. The van der Waals surface area contributed by atoms with Gasteiger partial charge in [0.25, 0.3) is 0 Å². The van der Waals surface area contributed by atoms with Gasteiger partial charge in [0.1, 0.15) is 58.4 Å². The van der Waals surface area contributed by atoms with E-state index in [0.717, 1.165) is 12.1 Å². The fourth-order valence-electron chi connectivity index (χ4n) is 3.53. The van der Waals surface area contributed by atoms with Crippen LogP contribution in [0.1, 0.15) is 18.6 Å². The highest BCUT2D eigenvalue weighted by atomic mass is 16.5. The second-order valence-electron chi connectivity index (χ2n) is 7.09. The summed E-state index contributed by atoms with van der Waals surface area (Å²) in [4.78, 5) is 24.5. The number of hydrogen-bond donors (Lipinski definition) is 5. The molecule has 3 aromatic rings. The molecule has 1 aliphatic heterocycles. The van der Waals surface area contributed by atoms with Crippen molar-refractivity contribution in [1.29, 1.82) is 0 Å². The zero-order valence-corrected chi connectivity index (χ0v) is 15.6. The SMILES string of the molecule is CC1O[C@H](c2c(O)cc3oc(-c4ccc(O)cc4)cc(=O)c3c2O)C(O)[C@@H](O)C1=O. The van der Waals surface area contributed by atoms with Crippen LogP contribution in [0.25, 0.3) is 22.3 Å². The molecule has 0 aliphatic carbocycles. The van der Waals surface area contributed by atoms with Gasteiger partial charge in [-0.05, 0) is 31.2 Å². The number of aliphatic hydroxyl groups excluding tert-OH is 2. The van der Waals surface area contributed by atoms with Gasteiger partial charge in [0, 0.05) is 17.7 Å². The molecular weight excluding hydrogens is 396 g/mol. The molecule has 1 aromatic heterocycles. The lowest BCUT2D eigenvalue weighted by molar-refractivity contribution is -0.181. The molecule has 2 heterocycles. The lowest BCUT2D eigenvalue weighted by atomic mass is 9.91. The molecule has 0 spiro atoms. The average Bonchev–Trinajstić information content (AvgIpc) is 2.70. The number of benzene rings is 2. The number of fused-ring (bicyclic) bond motifs is 1. The Morgan fingerprint density at radius 2 is 1.63 bits per heavy atom. The van der Waals surface area contributed by atoms with Crippen LogP contribution in [0.4, 0.5) is 0 Å². The van der Waals surface area contributed by atoms with Crippen molar-refractivity contribution >= 4 is 16.8 Å². The quantitative estimate of drug-likeness (QED) is 0.417. The number of hydrogen-bond acceptors (Lipinski definition) is 9. The Labute approximate surface area is 169 Å². The molecule has 9 nitrogen and oxygen atoms in total. The summed E-state index contributed by atoms with van der Waals surface area (Å²) in [5, 5.41) is 50.5. The molecule has 9 heteroatoms. The molecule has 5 N–H and O–H groups in total. The van der Waals surface area contributed by atoms with Crippen LogP contribution in [-0.4, -0.2) is 49.6 Å². The molecule has 0 amide bonds. The van der Waals surface area contributed by atoms with E-state index < -0.39 is 47.1 Å². The maximum Gasteiger partial charge on any atom is 0.197 e. The number of ether oxygens (including phenoxy) is 1. The van der Waals surface area contributed by atoms with Crippen molar-refractivity contribution in [2.45, 2.75) is 31.3 Å². The van der Waals surface area contributed by atoms with Crippen molar-refractivity contribution in [1.82, 2.24) is 0 Å². The molecule has 156 valence electrons. The van der Waals surface area contributed by atoms with Gasteiger partial charge in [0.15, 0.2) is 11.2 Å². The van der Waals surface area contributed by atoms with Crippen molar-refractivity contribution in [2.24, 2.45) is 0 Å². The number of ketones is 1. The second kappa shape index (κ2) is 7.13. The van der Waals surface area contributed by atoms with E-state index in [1.807, 2.05) is 0 Å². The summed E-state index contributed by atoms with van der Waals surface area (Å²) >= 11 is 0. The predicted molar refractivity (Wildman–Crippen MR) is 103 cm³/mol. The molecule has 1 saturated heterocycles. The summed E-state index contributed by atoms with van der Waals surface area (Å²) in [6.45, 7) is 1.36. The Bertz CT molecular complexity index is 1200. The van der Waals surface area contributed by atoms with Crippen LogP contribution in [0, 0.1) is 0 Å². The largest absolute Gasteiger partial charge is 0.508 e. The molecule has 4 atom stereocenters. The smallest absolute Gasteiger partial charge is 0.197 e. The van der Waals surface area contributed by atoms with Crippen LogP contribution < -0.4 is 5.43 Å². The minimum atomic E-state index is -1.78. The van der Waals surface area contributed by atoms with Crippen LogP contribution in [0.3, 0.4) is 0 Å². The fourth-order valence-corrected chi connectivity index (χ4v) is 3.53. The standard InChI is InChI=1S/C21H18O9/c1-8-17(25)19(27)20(28)21(29-8)16-12(24)7-14-15(18(16)26)11(23)6-13(30-14)9-2-4-10(22)5-3-9/h2-8,19-22,24,26-28H,1H3/t8?,19-,20?,21+/m0/s1. The topological polar surface area (TPSA) is 158 Å². The zero-order valence-electron chi connectivity index (χ0n) is 15.6. The molecule has 0 saturated carbocycles. The number of aliphatic hydroxyl groups is 2. The maximum absolute atomic E-state index is 12.7.